The maximum atomic E-state index is 15.0. The Morgan fingerprint density at radius 1 is 0.921 bits per heavy atom. The Kier molecular flexibility index (Phi) is 7.95. The number of halogens is 1. The average Bonchev–Trinajstić information content (AvgIpc) is 2.96. The number of fused-ring (bicyclic) bond motifs is 1. The van der Waals surface area contributed by atoms with Crippen LogP contribution in [0.25, 0.3) is 0 Å². The standard InChI is InChI=1S/C29H32FN5O3/c1-19(2)16-17-34-24-14-7-8-15-25(24)35(23-13-6-5-12-22(23)30)28(37)26(27(34)36)32-29(38)31-20-10-9-11-21(18-20)33(3)4/h5-15,18-19,26H,16-17H2,1-4H3,(H2,31,32,38)/t26-/m0/s1. The van der Waals surface area contributed by atoms with E-state index >= 15 is 4.39 Å². The molecule has 1 heterocycles. The number of nitrogens with one attached hydrogen (secondary N) is 2. The summed E-state index contributed by atoms with van der Waals surface area (Å²) in [6.07, 6.45) is 0.671. The Morgan fingerprint density at radius 2 is 1.58 bits per heavy atom. The number of anilines is 5. The summed E-state index contributed by atoms with van der Waals surface area (Å²) in [6, 6.07) is 17.6. The van der Waals surface area contributed by atoms with E-state index in [4.69, 9.17) is 0 Å². The van der Waals surface area contributed by atoms with Gasteiger partial charge in [-0.15, -0.1) is 0 Å². The van der Waals surface area contributed by atoms with Crippen molar-refractivity contribution < 1.29 is 18.8 Å². The minimum Gasteiger partial charge on any atom is -0.378 e. The molecule has 0 fully saturated rings. The highest BCUT2D eigenvalue weighted by Gasteiger charge is 2.42. The van der Waals surface area contributed by atoms with Crippen LogP contribution >= 0.6 is 0 Å². The lowest BCUT2D eigenvalue weighted by molar-refractivity contribution is -0.128. The summed E-state index contributed by atoms with van der Waals surface area (Å²) in [5, 5.41) is 5.26. The zero-order valence-corrected chi connectivity index (χ0v) is 21.9. The molecule has 0 saturated carbocycles. The lowest BCUT2D eigenvalue weighted by Crippen LogP contribution is -2.55. The molecule has 0 radical (unpaired) electrons. The van der Waals surface area contributed by atoms with Crippen LogP contribution < -0.4 is 25.3 Å². The number of carbonyl (C=O) groups is 3. The third-order valence-electron chi connectivity index (χ3n) is 6.31. The smallest absolute Gasteiger partial charge is 0.320 e. The number of para-hydroxylation sites is 3. The van der Waals surface area contributed by atoms with E-state index in [0.717, 1.165) is 5.69 Å². The summed E-state index contributed by atoms with van der Waals surface area (Å²) in [5.74, 6) is -1.67. The minimum absolute atomic E-state index is 0.00523. The van der Waals surface area contributed by atoms with Gasteiger partial charge in [0.25, 0.3) is 11.8 Å². The molecule has 4 amide bonds. The van der Waals surface area contributed by atoms with Gasteiger partial charge >= 0.3 is 6.03 Å². The molecule has 1 aliphatic rings. The van der Waals surface area contributed by atoms with Gasteiger partial charge in [0.05, 0.1) is 17.1 Å². The number of urea groups is 1. The number of hydrogen-bond donors (Lipinski definition) is 2. The van der Waals surface area contributed by atoms with Crippen molar-refractivity contribution in [3.8, 4) is 0 Å². The van der Waals surface area contributed by atoms with Crippen LogP contribution in [0.5, 0.6) is 0 Å². The monoisotopic (exact) mass is 517 g/mol. The molecule has 0 bridgehead atoms. The number of benzene rings is 3. The van der Waals surface area contributed by atoms with Crippen molar-refractivity contribution in [2.75, 3.05) is 40.7 Å². The first kappa shape index (κ1) is 26.7. The quantitative estimate of drug-likeness (QED) is 0.425. The van der Waals surface area contributed by atoms with Gasteiger partial charge in [-0.3, -0.25) is 14.5 Å². The first-order valence-corrected chi connectivity index (χ1v) is 12.5. The first-order chi connectivity index (χ1) is 18.2. The fraction of sp³-hybridized carbons (Fsp3) is 0.276. The van der Waals surface area contributed by atoms with Crippen LogP contribution in [-0.2, 0) is 9.59 Å². The molecule has 198 valence electrons. The van der Waals surface area contributed by atoms with Gasteiger partial charge in [-0.1, -0.05) is 44.2 Å². The second kappa shape index (κ2) is 11.3. The summed E-state index contributed by atoms with van der Waals surface area (Å²) >= 11 is 0. The van der Waals surface area contributed by atoms with Crippen molar-refractivity contribution in [1.29, 1.82) is 0 Å². The molecule has 0 unspecified atom stereocenters. The molecule has 0 saturated heterocycles. The second-order valence-corrected chi connectivity index (χ2v) is 9.76. The van der Waals surface area contributed by atoms with Crippen molar-refractivity contribution in [3.05, 3.63) is 78.6 Å². The van der Waals surface area contributed by atoms with Crippen molar-refractivity contribution in [1.82, 2.24) is 5.32 Å². The maximum absolute atomic E-state index is 15.0. The molecular weight excluding hydrogens is 485 g/mol. The highest BCUT2D eigenvalue weighted by atomic mass is 19.1. The first-order valence-electron chi connectivity index (χ1n) is 12.5. The summed E-state index contributed by atoms with van der Waals surface area (Å²) in [6.45, 7) is 4.41. The zero-order chi connectivity index (χ0) is 27.4. The van der Waals surface area contributed by atoms with E-state index < -0.39 is 29.7 Å². The zero-order valence-electron chi connectivity index (χ0n) is 21.9. The Morgan fingerprint density at radius 3 is 2.24 bits per heavy atom. The molecule has 3 aromatic rings. The summed E-state index contributed by atoms with van der Waals surface area (Å²) in [7, 11) is 3.76. The second-order valence-electron chi connectivity index (χ2n) is 9.76. The van der Waals surface area contributed by atoms with Crippen LogP contribution in [0.4, 0.5) is 37.6 Å². The molecule has 0 spiro atoms. The van der Waals surface area contributed by atoms with Crippen LogP contribution in [0.1, 0.15) is 20.3 Å². The molecule has 0 aromatic heterocycles. The molecule has 9 heteroatoms. The Balaban J connectivity index is 1.74. The molecule has 2 N–H and O–H groups in total. The number of nitrogens with zero attached hydrogens (tertiary/aromatic N) is 3. The van der Waals surface area contributed by atoms with Gasteiger partial charge in [-0.25, -0.2) is 9.18 Å². The van der Waals surface area contributed by atoms with E-state index in [1.54, 1.807) is 48.5 Å². The van der Waals surface area contributed by atoms with Gasteiger partial charge in [0.1, 0.15) is 5.82 Å². The van der Waals surface area contributed by atoms with E-state index in [2.05, 4.69) is 10.6 Å². The third kappa shape index (κ3) is 5.61. The Bertz CT molecular complexity index is 1340. The minimum atomic E-state index is -1.58. The van der Waals surface area contributed by atoms with E-state index in [1.165, 1.54) is 28.0 Å². The summed E-state index contributed by atoms with van der Waals surface area (Å²) in [4.78, 5) is 45.4. The molecule has 1 aliphatic heterocycles. The van der Waals surface area contributed by atoms with Gasteiger partial charge in [0.2, 0.25) is 0 Å². The van der Waals surface area contributed by atoms with Crippen LogP contribution in [0, 0.1) is 11.7 Å². The van der Waals surface area contributed by atoms with Crippen LogP contribution in [0.15, 0.2) is 72.8 Å². The highest BCUT2D eigenvalue weighted by Crippen LogP contribution is 2.39. The van der Waals surface area contributed by atoms with E-state index in [-0.39, 0.29) is 11.6 Å². The molecule has 1 atom stereocenters. The van der Waals surface area contributed by atoms with E-state index in [0.29, 0.717) is 30.0 Å². The van der Waals surface area contributed by atoms with E-state index in [9.17, 15) is 14.4 Å². The topological polar surface area (TPSA) is 85.0 Å². The lowest BCUT2D eigenvalue weighted by Gasteiger charge is -2.26. The van der Waals surface area contributed by atoms with Crippen molar-refractivity contribution in [2.45, 2.75) is 26.3 Å². The molecular formula is C29H32FN5O3. The SMILES string of the molecule is CC(C)CCN1C(=O)[C@H](NC(=O)Nc2cccc(N(C)C)c2)C(=O)N(c2ccccc2F)c2ccccc21. The van der Waals surface area contributed by atoms with Crippen LogP contribution in [0.2, 0.25) is 0 Å². The van der Waals surface area contributed by atoms with Crippen molar-refractivity contribution >= 4 is 46.3 Å². The Hall–Kier alpha value is -4.40. The van der Waals surface area contributed by atoms with Gasteiger partial charge in [0.15, 0.2) is 6.04 Å². The highest BCUT2D eigenvalue weighted by molar-refractivity contribution is 6.24. The number of carbonyl (C=O) groups excluding carboxylic acids is 3. The fourth-order valence-corrected chi connectivity index (χ4v) is 4.29. The predicted octanol–water partition coefficient (Wildman–Crippen LogP) is 5.14. The third-order valence-corrected chi connectivity index (χ3v) is 6.31. The number of amides is 4. The average molecular weight is 518 g/mol. The molecule has 4 rings (SSSR count). The normalized spacial score (nSPS) is 15.3. The van der Waals surface area contributed by atoms with Crippen LogP contribution in [-0.4, -0.2) is 44.5 Å². The molecule has 3 aromatic carbocycles. The largest absolute Gasteiger partial charge is 0.378 e. The lowest BCUT2D eigenvalue weighted by atomic mass is 10.1. The molecule has 0 aliphatic carbocycles. The van der Waals surface area contributed by atoms with Crippen molar-refractivity contribution in [2.24, 2.45) is 5.92 Å². The van der Waals surface area contributed by atoms with Gasteiger partial charge in [-0.05, 0) is 54.8 Å². The Labute approximate surface area is 222 Å². The molecule has 8 nitrogen and oxygen atoms in total. The summed E-state index contributed by atoms with van der Waals surface area (Å²) in [5.41, 5.74) is 2.19. The number of rotatable bonds is 7. The predicted molar refractivity (Wildman–Crippen MR) is 149 cm³/mol. The van der Waals surface area contributed by atoms with Gasteiger partial charge in [-0.2, -0.15) is 0 Å². The van der Waals surface area contributed by atoms with E-state index in [1.807, 2.05) is 38.9 Å². The van der Waals surface area contributed by atoms with Gasteiger partial charge in [0, 0.05) is 32.0 Å². The number of hydrogen-bond acceptors (Lipinski definition) is 4. The molecule has 38 heavy (non-hydrogen) atoms. The van der Waals surface area contributed by atoms with Gasteiger partial charge < -0.3 is 20.4 Å². The maximum Gasteiger partial charge on any atom is 0.320 e. The fourth-order valence-electron chi connectivity index (χ4n) is 4.29. The summed E-state index contributed by atoms with van der Waals surface area (Å²) < 4.78 is 15.0. The van der Waals surface area contributed by atoms with Crippen LogP contribution in [0.3, 0.4) is 0 Å². The van der Waals surface area contributed by atoms with Crippen molar-refractivity contribution in [3.63, 3.8) is 0 Å².